The maximum atomic E-state index is 9.60. The van der Waals surface area contributed by atoms with Crippen LogP contribution in [0.5, 0.6) is 0 Å². The molecule has 17 heavy (non-hydrogen) atoms. The first kappa shape index (κ1) is 11.1. The van der Waals surface area contributed by atoms with Gasteiger partial charge in [0.1, 0.15) is 5.54 Å². The van der Waals surface area contributed by atoms with Crippen molar-refractivity contribution in [3.63, 3.8) is 0 Å². The highest BCUT2D eigenvalue weighted by Crippen LogP contribution is 2.40. The van der Waals surface area contributed by atoms with E-state index >= 15 is 0 Å². The van der Waals surface area contributed by atoms with E-state index in [-0.39, 0.29) is 0 Å². The Kier molecular flexibility index (Phi) is 2.85. The molecule has 1 atom stereocenters. The minimum Gasteiger partial charge on any atom is -0.295 e. The smallest absolute Gasteiger partial charge is 0.134 e. The van der Waals surface area contributed by atoms with E-state index in [0.717, 1.165) is 24.6 Å². The maximum absolute atomic E-state index is 9.60. The summed E-state index contributed by atoms with van der Waals surface area (Å²) in [7, 11) is 0. The zero-order valence-electron chi connectivity index (χ0n) is 9.78. The fourth-order valence-corrected chi connectivity index (χ4v) is 3.57. The van der Waals surface area contributed by atoms with Crippen molar-refractivity contribution in [3.8, 4) is 6.07 Å². The summed E-state index contributed by atoms with van der Waals surface area (Å²) in [6, 6.07) is 10.9. The zero-order valence-corrected chi connectivity index (χ0v) is 10.6. The van der Waals surface area contributed by atoms with Crippen molar-refractivity contribution in [2.45, 2.75) is 29.7 Å². The predicted octanol–water partition coefficient (Wildman–Crippen LogP) is 2.90. The second-order valence-electron chi connectivity index (χ2n) is 4.94. The number of hydrogen-bond donors (Lipinski definition) is 1. The van der Waals surface area contributed by atoms with Crippen LogP contribution in [0.2, 0.25) is 0 Å². The summed E-state index contributed by atoms with van der Waals surface area (Å²) in [5, 5.41) is 13.1. The normalized spacial score (nSPS) is 27.2. The summed E-state index contributed by atoms with van der Waals surface area (Å²) in [6.07, 6.45) is 3.56. The summed E-state index contributed by atoms with van der Waals surface area (Å²) in [5.74, 6) is 1.84. The van der Waals surface area contributed by atoms with Crippen LogP contribution in [-0.4, -0.2) is 12.3 Å². The molecule has 0 aromatic heterocycles. The Hall–Kier alpha value is -0.980. The Morgan fingerprint density at radius 1 is 1.41 bits per heavy atom. The van der Waals surface area contributed by atoms with Gasteiger partial charge in [0.25, 0.3) is 0 Å². The molecule has 1 aromatic carbocycles. The fraction of sp³-hybridized carbons (Fsp3) is 0.500. The third-order valence-corrected chi connectivity index (χ3v) is 4.74. The van der Waals surface area contributed by atoms with Crippen molar-refractivity contribution < 1.29 is 0 Å². The molecule has 1 saturated carbocycles. The van der Waals surface area contributed by atoms with Crippen molar-refractivity contribution in [2.75, 3.05) is 12.3 Å². The van der Waals surface area contributed by atoms with E-state index in [4.69, 9.17) is 0 Å². The van der Waals surface area contributed by atoms with E-state index in [2.05, 4.69) is 29.6 Å². The molecule has 0 spiro atoms. The van der Waals surface area contributed by atoms with Crippen LogP contribution in [0.15, 0.2) is 29.2 Å². The second kappa shape index (κ2) is 4.36. The van der Waals surface area contributed by atoms with E-state index in [1.165, 1.54) is 23.3 Å². The molecule has 1 aliphatic heterocycles. The van der Waals surface area contributed by atoms with E-state index in [1.807, 2.05) is 17.8 Å². The fourth-order valence-electron chi connectivity index (χ4n) is 2.37. The molecule has 3 heteroatoms. The van der Waals surface area contributed by atoms with Gasteiger partial charge in [-0.25, -0.2) is 0 Å². The molecule has 3 rings (SSSR count). The quantitative estimate of drug-likeness (QED) is 0.888. The number of hydrogen-bond acceptors (Lipinski definition) is 3. The van der Waals surface area contributed by atoms with Gasteiger partial charge in [-0.2, -0.15) is 5.26 Å². The largest absolute Gasteiger partial charge is 0.295 e. The lowest BCUT2D eigenvalue weighted by atomic mass is 9.88. The second-order valence-corrected chi connectivity index (χ2v) is 6.07. The van der Waals surface area contributed by atoms with Crippen LogP contribution in [0.3, 0.4) is 0 Å². The number of nitriles is 1. The van der Waals surface area contributed by atoms with Crippen LogP contribution < -0.4 is 5.32 Å². The lowest BCUT2D eigenvalue weighted by molar-refractivity contribution is 0.396. The first-order valence-electron chi connectivity index (χ1n) is 6.23. The molecular formula is C14H16N2S. The van der Waals surface area contributed by atoms with Crippen LogP contribution in [0, 0.1) is 17.2 Å². The minimum atomic E-state index is -0.440. The van der Waals surface area contributed by atoms with E-state index in [1.54, 1.807) is 0 Å². The summed E-state index contributed by atoms with van der Waals surface area (Å²) in [5.41, 5.74) is 0.740. The van der Waals surface area contributed by atoms with Gasteiger partial charge in [0.05, 0.1) is 6.07 Å². The molecule has 0 amide bonds. The van der Waals surface area contributed by atoms with Gasteiger partial charge in [0.15, 0.2) is 0 Å². The van der Waals surface area contributed by atoms with Gasteiger partial charge in [0, 0.05) is 10.6 Å². The summed E-state index contributed by atoms with van der Waals surface area (Å²) in [4.78, 5) is 1.27. The maximum Gasteiger partial charge on any atom is 0.134 e. The van der Waals surface area contributed by atoms with Gasteiger partial charge < -0.3 is 0 Å². The molecule has 1 N–H and O–H groups in total. The van der Waals surface area contributed by atoms with E-state index in [0.29, 0.717) is 0 Å². The SMILES string of the molecule is N#CC1(NCC2CC2)CCSc2ccccc21. The van der Waals surface area contributed by atoms with Gasteiger partial charge >= 0.3 is 0 Å². The van der Waals surface area contributed by atoms with E-state index in [9.17, 15) is 5.26 Å². The van der Waals surface area contributed by atoms with E-state index < -0.39 is 5.54 Å². The first-order valence-corrected chi connectivity index (χ1v) is 7.21. The number of thioether (sulfide) groups is 1. The standard InChI is InChI=1S/C14H16N2S/c15-10-14(16-9-11-5-6-11)7-8-17-13-4-2-1-3-12(13)14/h1-4,11,16H,5-9H2. The number of benzene rings is 1. The van der Waals surface area contributed by atoms with Crippen LogP contribution in [0.1, 0.15) is 24.8 Å². The predicted molar refractivity (Wildman–Crippen MR) is 69.8 cm³/mol. The Morgan fingerprint density at radius 3 is 3.00 bits per heavy atom. The number of nitrogens with one attached hydrogen (secondary N) is 1. The highest BCUT2D eigenvalue weighted by Gasteiger charge is 2.38. The number of nitrogens with zero attached hydrogens (tertiary/aromatic N) is 1. The Bertz CT molecular complexity index is 462. The van der Waals surface area contributed by atoms with Crippen molar-refractivity contribution in [1.82, 2.24) is 5.32 Å². The van der Waals surface area contributed by atoms with Gasteiger partial charge in [0.2, 0.25) is 0 Å². The molecule has 1 aromatic rings. The van der Waals surface area contributed by atoms with Crippen molar-refractivity contribution in [3.05, 3.63) is 29.8 Å². The van der Waals surface area contributed by atoms with Crippen LogP contribution >= 0.6 is 11.8 Å². The van der Waals surface area contributed by atoms with Crippen LogP contribution in [0.25, 0.3) is 0 Å². The number of fused-ring (bicyclic) bond motifs is 1. The van der Waals surface area contributed by atoms with Gasteiger partial charge in [-0.05, 0) is 43.4 Å². The molecule has 0 radical (unpaired) electrons. The minimum absolute atomic E-state index is 0.440. The monoisotopic (exact) mass is 244 g/mol. The molecule has 88 valence electrons. The lowest BCUT2D eigenvalue weighted by Gasteiger charge is -2.33. The molecule has 1 unspecified atom stereocenters. The third kappa shape index (κ3) is 2.08. The Balaban J connectivity index is 1.91. The summed E-state index contributed by atoms with van der Waals surface area (Å²) in [6.45, 7) is 0.993. The van der Waals surface area contributed by atoms with Gasteiger partial charge in [-0.1, -0.05) is 18.2 Å². The van der Waals surface area contributed by atoms with Crippen molar-refractivity contribution in [1.29, 1.82) is 5.26 Å². The highest BCUT2D eigenvalue weighted by atomic mass is 32.2. The molecule has 0 saturated heterocycles. The van der Waals surface area contributed by atoms with Gasteiger partial charge in [-0.3, -0.25) is 5.32 Å². The first-order chi connectivity index (χ1) is 8.34. The molecule has 1 aliphatic carbocycles. The molecule has 0 bridgehead atoms. The van der Waals surface area contributed by atoms with Crippen LogP contribution in [0.4, 0.5) is 0 Å². The highest BCUT2D eigenvalue weighted by molar-refractivity contribution is 7.99. The third-order valence-electron chi connectivity index (χ3n) is 3.66. The Morgan fingerprint density at radius 2 is 2.24 bits per heavy atom. The lowest BCUT2D eigenvalue weighted by Crippen LogP contribution is -2.44. The molecule has 2 aliphatic rings. The van der Waals surface area contributed by atoms with Crippen molar-refractivity contribution in [2.24, 2.45) is 5.92 Å². The van der Waals surface area contributed by atoms with Gasteiger partial charge in [-0.15, -0.1) is 11.8 Å². The van der Waals surface area contributed by atoms with Crippen LogP contribution in [-0.2, 0) is 5.54 Å². The Labute approximate surface area is 106 Å². The molecule has 1 fully saturated rings. The molecule has 1 heterocycles. The zero-order chi connectivity index (χ0) is 11.7. The molecular weight excluding hydrogens is 228 g/mol. The number of rotatable bonds is 3. The molecule has 2 nitrogen and oxygen atoms in total. The van der Waals surface area contributed by atoms with Crippen molar-refractivity contribution >= 4 is 11.8 Å². The summed E-state index contributed by atoms with van der Waals surface area (Å²) < 4.78 is 0. The average molecular weight is 244 g/mol. The summed E-state index contributed by atoms with van der Waals surface area (Å²) >= 11 is 1.87. The average Bonchev–Trinajstić information content (AvgIpc) is 3.20. The topological polar surface area (TPSA) is 35.8 Å².